The van der Waals surface area contributed by atoms with Crippen molar-refractivity contribution < 1.29 is 9.59 Å². The maximum absolute atomic E-state index is 13.0. The first-order valence-corrected chi connectivity index (χ1v) is 9.76. The van der Waals surface area contributed by atoms with E-state index >= 15 is 0 Å². The summed E-state index contributed by atoms with van der Waals surface area (Å²) in [7, 11) is 0. The first-order chi connectivity index (χ1) is 11.7. The molecule has 2 aromatic heterocycles. The fourth-order valence-corrected chi connectivity index (χ4v) is 4.79. The van der Waals surface area contributed by atoms with Gasteiger partial charge in [0.1, 0.15) is 5.57 Å². The number of hydrogen-bond donors (Lipinski definition) is 1. The Morgan fingerprint density at radius 2 is 1.42 bits per heavy atom. The summed E-state index contributed by atoms with van der Waals surface area (Å²) < 4.78 is 0. The summed E-state index contributed by atoms with van der Waals surface area (Å²) in [5.41, 5.74) is 1.13. The Labute approximate surface area is 151 Å². The average Bonchev–Trinajstić information content (AvgIpc) is 3.34. The summed E-state index contributed by atoms with van der Waals surface area (Å²) in [6.45, 7) is 0. The molecular formula is C18H11NO2S3. The minimum absolute atomic E-state index is 0.209. The SMILES string of the molecule is O=C(C(C(=O)c1cccs1)=C1Nc2ccccc2S1)c1cccs1. The van der Waals surface area contributed by atoms with E-state index < -0.39 is 0 Å². The number of carbonyl (C=O) groups excluding carboxylic acids is 2. The number of nitrogens with one attached hydrogen (secondary N) is 1. The Hall–Kier alpha value is -2.15. The zero-order valence-corrected chi connectivity index (χ0v) is 14.8. The first-order valence-electron chi connectivity index (χ1n) is 7.18. The number of carbonyl (C=O) groups is 2. The number of fused-ring (bicyclic) bond motifs is 1. The van der Waals surface area contributed by atoms with Gasteiger partial charge in [-0.25, -0.2) is 0 Å². The molecule has 118 valence electrons. The minimum Gasteiger partial charge on any atom is -0.348 e. The van der Waals surface area contributed by atoms with Gasteiger partial charge in [0.2, 0.25) is 11.6 Å². The van der Waals surface area contributed by atoms with Crippen LogP contribution in [-0.4, -0.2) is 11.6 Å². The second kappa shape index (κ2) is 6.39. The first kappa shape index (κ1) is 15.4. The van der Waals surface area contributed by atoms with E-state index in [1.165, 1.54) is 34.4 Å². The predicted molar refractivity (Wildman–Crippen MR) is 100 cm³/mol. The van der Waals surface area contributed by atoms with Crippen LogP contribution in [-0.2, 0) is 0 Å². The zero-order chi connectivity index (χ0) is 16.5. The van der Waals surface area contributed by atoms with Crippen LogP contribution in [0.25, 0.3) is 0 Å². The van der Waals surface area contributed by atoms with Gasteiger partial charge in [-0.15, -0.1) is 22.7 Å². The van der Waals surface area contributed by atoms with E-state index in [2.05, 4.69) is 5.32 Å². The topological polar surface area (TPSA) is 46.2 Å². The average molecular weight is 369 g/mol. The van der Waals surface area contributed by atoms with E-state index in [4.69, 9.17) is 0 Å². The van der Waals surface area contributed by atoms with Crippen molar-refractivity contribution in [2.45, 2.75) is 4.90 Å². The van der Waals surface area contributed by atoms with Crippen LogP contribution >= 0.6 is 34.4 Å². The van der Waals surface area contributed by atoms with E-state index in [1.807, 2.05) is 47.2 Å². The largest absolute Gasteiger partial charge is 0.348 e. The Morgan fingerprint density at radius 1 is 0.792 bits per heavy atom. The van der Waals surface area contributed by atoms with Crippen LogP contribution in [0.5, 0.6) is 0 Å². The van der Waals surface area contributed by atoms with E-state index in [9.17, 15) is 9.59 Å². The summed E-state index contributed by atoms with van der Waals surface area (Å²) in [6, 6.07) is 14.9. The highest BCUT2D eigenvalue weighted by Crippen LogP contribution is 2.43. The molecule has 3 heterocycles. The summed E-state index contributed by atoms with van der Waals surface area (Å²) in [4.78, 5) is 28.1. The fraction of sp³-hybridized carbons (Fsp3) is 0. The van der Waals surface area contributed by atoms with Crippen LogP contribution < -0.4 is 5.32 Å². The molecule has 3 aromatic rings. The second-order valence-electron chi connectivity index (χ2n) is 5.04. The lowest BCUT2D eigenvalue weighted by atomic mass is 10.1. The minimum atomic E-state index is -0.230. The van der Waals surface area contributed by atoms with Gasteiger partial charge in [-0.05, 0) is 35.0 Å². The van der Waals surface area contributed by atoms with Gasteiger partial charge in [0, 0.05) is 4.90 Å². The van der Waals surface area contributed by atoms with Crippen LogP contribution in [0.1, 0.15) is 19.3 Å². The van der Waals surface area contributed by atoms with Gasteiger partial charge in [-0.1, -0.05) is 36.0 Å². The van der Waals surface area contributed by atoms with Gasteiger partial charge in [0.25, 0.3) is 0 Å². The number of ketones is 2. The van der Waals surface area contributed by atoms with Crippen molar-refractivity contribution in [2.24, 2.45) is 0 Å². The van der Waals surface area contributed by atoms with Crippen LogP contribution in [0, 0.1) is 0 Å². The molecule has 1 aromatic carbocycles. The monoisotopic (exact) mass is 369 g/mol. The van der Waals surface area contributed by atoms with Gasteiger partial charge < -0.3 is 5.32 Å². The van der Waals surface area contributed by atoms with Crippen molar-refractivity contribution in [3.63, 3.8) is 0 Å². The van der Waals surface area contributed by atoms with E-state index in [0.717, 1.165) is 10.6 Å². The smallest absolute Gasteiger partial charge is 0.209 e. The lowest BCUT2D eigenvalue weighted by molar-refractivity contribution is 0.0966. The summed E-state index contributed by atoms with van der Waals surface area (Å²) in [5.74, 6) is -0.461. The fourth-order valence-electron chi connectivity index (χ4n) is 2.40. The van der Waals surface area contributed by atoms with Crippen molar-refractivity contribution in [1.29, 1.82) is 0 Å². The highest BCUT2D eigenvalue weighted by atomic mass is 32.2. The summed E-state index contributed by atoms with van der Waals surface area (Å²) >= 11 is 4.13. The maximum atomic E-state index is 13.0. The van der Waals surface area contributed by atoms with Crippen molar-refractivity contribution in [1.82, 2.24) is 0 Å². The van der Waals surface area contributed by atoms with Crippen molar-refractivity contribution in [2.75, 3.05) is 5.32 Å². The normalized spacial score (nSPS) is 12.6. The number of rotatable bonds is 4. The van der Waals surface area contributed by atoms with Gasteiger partial charge in [0.05, 0.1) is 20.5 Å². The molecule has 0 bridgehead atoms. The molecular weight excluding hydrogens is 358 g/mol. The molecule has 0 saturated carbocycles. The van der Waals surface area contributed by atoms with Gasteiger partial charge in [0.15, 0.2) is 0 Å². The van der Waals surface area contributed by atoms with E-state index in [0.29, 0.717) is 14.8 Å². The number of thiophene rings is 2. The summed E-state index contributed by atoms with van der Waals surface area (Å²) in [6.07, 6.45) is 0. The number of para-hydroxylation sites is 1. The van der Waals surface area contributed by atoms with Gasteiger partial charge in [-0.3, -0.25) is 9.59 Å². The number of anilines is 1. The molecule has 0 unspecified atom stereocenters. The molecule has 1 aliphatic rings. The Morgan fingerprint density at radius 3 is 1.96 bits per heavy atom. The zero-order valence-electron chi connectivity index (χ0n) is 12.3. The lowest BCUT2D eigenvalue weighted by Gasteiger charge is -2.08. The van der Waals surface area contributed by atoms with Crippen LogP contribution in [0.15, 0.2) is 74.8 Å². The van der Waals surface area contributed by atoms with Crippen molar-refractivity contribution in [3.05, 3.63) is 79.6 Å². The number of Topliss-reactive ketones (excluding diaryl/α,β-unsaturated/α-hetero) is 2. The molecule has 24 heavy (non-hydrogen) atoms. The second-order valence-corrected chi connectivity index (χ2v) is 7.99. The van der Waals surface area contributed by atoms with Crippen LogP contribution in [0.3, 0.4) is 0 Å². The molecule has 0 atom stereocenters. The van der Waals surface area contributed by atoms with Gasteiger partial charge in [-0.2, -0.15) is 0 Å². The van der Waals surface area contributed by atoms with Crippen LogP contribution in [0.2, 0.25) is 0 Å². The quantitative estimate of drug-likeness (QED) is 0.293. The third-order valence-electron chi connectivity index (χ3n) is 3.52. The predicted octanol–water partition coefficient (Wildman–Crippen LogP) is 5.30. The molecule has 0 radical (unpaired) electrons. The molecule has 6 heteroatoms. The van der Waals surface area contributed by atoms with E-state index in [-0.39, 0.29) is 17.1 Å². The number of allylic oxidation sites excluding steroid dienone is 1. The van der Waals surface area contributed by atoms with E-state index in [1.54, 1.807) is 12.1 Å². The number of benzene rings is 1. The van der Waals surface area contributed by atoms with Crippen LogP contribution in [0.4, 0.5) is 5.69 Å². The van der Waals surface area contributed by atoms with Gasteiger partial charge >= 0.3 is 0 Å². The number of hydrogen-bond acceptors (Lipinski definition) is 6. The molecule has 0 amide bonds. The third-order valence-corrected chi connectivity index (χ3v) is 6.34. The molecule has 0 spiro atoms. The number of thioether (sulfide) groups is 1. The molecule has 0 fully saturated rings. The Balaban J connectivity index is 1.81. The standard InChI is InChI=1S/C18H11NO2S3/c20-16(13-7-3-9-22-13)15(17(21)14-8-4-10-23-14)18-19-11-5-1-2-6-12(11)24-18/h1-10,19H. The Kier molecular flexibility index (Phi) is 4.10. The Bertz CT molecular complexity index is 865. The molecule has 1 N–H and O–H groups in total. The third kappa shape index (κ3) is 2.73. The highest BCUT2D eigenvalue weighted by molar-refractivity contribution is 8.03. The summed E-state index contributed by atoms with van der Waals surface area (Å²) in [5, 5.41) is 7.52. The molecule has 0 aliphatic carbocycles. The molecule has 1 aliphatic heterocycles. The van der Waals surface area contributed by atoms with Crippen molar-refractivity contribution in [3.8, 4) is 0 Å². The highest BCUT2D eigenvalue weighted by Gasteiger charge is 2.30. The molecule has 3 nitrogen and oxygen atoms in total. The maximum Gasteiger partial charge on any atom is 0.209 e. The molecule has 4 rings (SSSR count). The van der Waals surface area contributed by atoms with Crippen molar-refractivity contribution >= 4 is 51.7 Å². The lowest BCUT2D eigenvalue weighted by Crippen LogP contribution is -2.15. The molecule has 0 saturated heterocycles.